The van der Waals surface area contributed by atoms with E-state index in [9.17, 15) is 14.9 Å². The quantitative estimate of drug-likeness (QED) is 0.354. The van der Waals surface area contributed by atoms with Crippen LogP contribution in [-0.2, 0) is 9.59 Å². The normalized spacial score (nSPS) is 15.7. The Balaban J connectivity index is 2.46. The lowest BCUT2D eigenvalue weighted by atomic mass is 9.93. The van der Waals surface area contributed by atoms with Crippen LogP contribution in [0.15, 0.2) is 34.9 Å². The Kier molecular flexibility index (Phi) is 8.02. The van der Waals surface area contributed by atoms with Crippen molar-refractivity contribution in [3.8, 4) is 17.6 Å². The average Bonchev–Trinajstić information content (AvgIpc) is 2.71. The molecule has 6 heteroatoms. The van der Waals surface area contributed by atoms with Crippen LogP contribution in [-0.4, -0.2) is 36.5 Å². The summed E-state index contributed by atoms with van der Waals surface area (Å²) in [7, 11) is 0. The number of nitriles is 1. The molecular formula is C23H28N2O4. The van der Waals surface area contributed by atoms with Gasteiger partial charge in [-0.15, -0.1) is 0 Å². The molecule has 0 saturated carbocycles. The van der Waals surface area contributed by atoms with Crippen LogP contribution in [0.25, 0.3) is 6.08 Å². The molecule has 1 aliphatic rings. The van der Waals surface area contributed by atoms with Crippen molar-refractivity contribution in [2.24, 2.45) is 0 Å². The summed E-state index contributed by atoms with van der Waals surface area (Å²) in [5.41, 5.74) is 1.49. The monoisotopic (exact) mass is 396 g/mol. The van der Waals surface area contributed by atoms with Gasteiger partial charge in [-0.2, -0.15) is 5.26 Å². The fourth-order valence-electron chi connectivity index (χ4n) is 3.05. The highest BCUT2D eigenvalue weighted by atomic mass is 16.5. The van der Waals surface area contributed by atoms with Crippen molar-refractivity contribution in [2.45, 2.75) is 47.0 Å². The molecule has 2 amide bonds. The van der Waals surface area contributed by atoms with E-state index in [1.54, 1.807) is 13.0 Å². The van der Waals surface area contributed by atoms with Gasteiger partial charge in [0.1, 0.15) is 11.6 Å². The van der Waals surface area contributed by atoms with Gasteiger partial charge in [0.05, 0.1) is 13.2 Å². The molecule has 1 heterocycles. The van der Waals surface area contributed by atoms with Crippen LogP contribution in [0.2, 0.25) is 0 Å². The van der Waals surface area contributed by atoms with Crippen molar-refractivity contribution < 1.29 is 19.1 Å². The largest absolute Gasteiger partial charge is 0.490 e. The fraction of sp³-hybridized carbons (Fsp3) is 0.435. The summed E-state index contributed by atoms with van der Waals surface area (Å²) < 4.78 is 11.5. The zero-order valence-electron chi connectivity index (χ0n) is 17.6. The van der Waals surface area contributed by atoms with E-state index in [0.717, 1.165) is 23.3 Å². The highest BCUT2D eigenvalue weighted by Gasteiger charge is 2.34. The van der Waals surface area contributed by atoms with Crippen molar-refractivity contribution in [3.63, 3.8) is 0 Å². The maximum atomic E-state index is 12.9. The second-order valence-electron chi connectivity index (χ2n) is 6.77. The molecule has 0 saturated heterocycles. The van der Waals surface area contributed by atoms with E-state index < -0.39 is 5.91 Å². The summed E-state index contributed by atoms with van der Waals surface area (Å²) >= 11 is 0. The van der Waals surface area contributed by atoms with Crippen LogP contribution in [0.1, 0.15) is 52.5 Å². The van der Waals surface area contributed by atoms with E-state index in [1.165, 1.54) is 0 Å². The smallest absolute Gasteiger partial charge is 0.271 e. The molecule has 1 aromatic carbocycles. The van der Waals surface area contributed by atoms with Crippen molar-refractivity contribution in [1.82, 2.24) is 4.90 Å². The Hall–Kier alpha value is -3.07. The van der Waals surface area contributed by atoms with E-state index >= 15 is 0 Å². The summed E-state index contributed by atoms with van der Waals surface area (Å²) in [4.78, 5) is 26.5. The minimum atomic E-state index is -0.524. The zero-order valence-corrected chi connectivity index (χ0v) is 17.6. The van der Waals surface area contributed by atoms with Gasteiger partial charge < -0.3 is 9.47 Å². The molecule has 29 heavy (non-hydrogen) atoms. The molecule has 0 unspecified atom stereocenters. The number of amides is 2. The lowest BCUT2D eigenvalue weighted by Crippen LogP contribution is -2.43. The maximum absolute atomic E-state index is 12.9. The van der Waals surface area contributed by atoms with Gasteiger partial charge in [0.2, 0.25) is 0 Å². The maximum Gasteiger partial charge on any atom is 0.271 e. The van der Waals surface area contributed by atoms with Gasteiger partial charge in [0.15, 0.2) is 11.5 Å². The Bertz CT molecular complexity index is 877. The second kappa shape index (κ2) is 10.5. The van der Waals surface area contributed by atoms with Gasteiger partial charge in [-0.1, -0.05) is 26.3 Å². The number of imide groups is 1. The fourth-order valence-corrected chi connectivity index (χ4v) is 3.05. The molecule has 1 aliphatic heterocycles. The third-order valence-electron chi connectivity index (χ3n) is 4.61. The zero-order chi connectivity index (χ0) is 21.4. The van der Waals surface area contributed by atoms with E-state index in [-0.39, 0.29) is 18.0 Å². The van der Waals surface area contributed by atoms with E-state index in [4.69, 9.17) is 9.47 Å². The van der Waals surface area contributed by atoms with Gasteiger partial charge >= 0.3 is 0 Å². The number of unbranched alkanes of at least 4 members (excludes halogenated alkanes) is 1. The topological polar surface area (TPSA) is 79.6 Å². The third kappa shape index (κ3) is 5.05. The Morgan fingerprint density at radius 1 is 1.07 bits per heavy atom. The molecular weight excluding hydrogens is 368 g/mol. The first kappa shape index (κ1) is 22.2. The van der Waals surface area contributed by atoms with E-state index in [1.807, 2.05) is 38.1 Å². The number of carbonyl (C=O) groups excluding carboxylic acids is 2. The number of hydrogen-bond donors (Lipinski definition) is 0. The van der Waals surface area contributed by atoms with Gasteiger partial charge in [-0.3, -0.25) is 14.5 Å². The first-order valence-corrected chi connectivity index (χ1v) is 10.1. The molecule has 0 aromatic heterocycles. The predicted molar refractivity (Wildman–Crippen MR) is 111 cm³/mol. The minimum absolute atomic E-state index is 0.00820. The SMILES string of the molecule is CCCCOc1ccc(/C=C2/C(=O)N(CCC)C(=O)C(C#N)=C2C)cc1OCC. The van der Waals surface area contributed by atoms with Crippen LogP contribution in [0.4, 0.5) is 0 Å². The Morgan fingerprint density at radius 2 is 1.83 bits per heavy atom. The molecule has 0 fully saturated rings. The van der Waals surface area contributed by atoms with E-state index in [0.29, 0.717) is 42.3 Å². The summed E-state index contributed by atoms with van der Waals surface area (Å²) in [6.07, 6.45) is 4.31. The molecule has 0 N–H and O–H groups in total. The number of benzene rings is 1. The molecule has 0 radical (unpaired) electrons. The van der Waals surface area contributed by atoms with Crippen molar-refractivity contribution in [3.05, 3.63) is 40.5 Å². The van der Waals surface area contributed by atoms with Crippen LogP contribution in [0.3, 0.4) is 0 Å². The highest BCUT2D eigenvalue weighted by molar-refractivity contribution is 6.19. The summed E-state index contributed by atoms with van der Waals surface area (Å²) in [6, 6.07) is 7.42. The lowest BCUT2D eigenvalue weighted by Gasteiger charge is -2.27. The molecule has 2 rings (SSSR count). The minimum Gasteiger partial charge on any atom is -0.490 e. The number of carbonyl (C=O) groups is 2. The van der Waals surface area contributed by atoms with Gasteiger partial charge in [0.25, 0.3) is 11.8 Å². The molecule has 1 aromatic rings. The molecule has 6 nitrogen and oxygen atoms in total. The van der Waals surface area contributed by atoms with Crippen LogP contribution < -0.4 is 9.47 Å². The van der Waals surface area contributed by atoms with Gasteiger partial charge in [-0.25, -0.2) is 0 Å². The Labute approximate surface area is 172 Å². The second-order valence-corrected chi connectivity index (χ2v) is 6.77. The number of hydrogen-bond acceptors (Lipinski definition) is 5. The highest BCUT2D eigenvalue weighted by Crippen LogP contribution is 2.32. The third-order valence-corrected chi connectivity index (χ3v) is 4.61. The number of ether oxygens (including phenoxy) is 2. The summed E-state index contributed by atoms with van der Waals surface area (Å²) in [5.74, 6) is 0.355. The summed E-state index contributed by atoms with van der Waals surface area (Å²) in [6.45, 7) is 8.88. The summed E-state index contributed by atoms with van der Waals surface area (Å²) in [5, 5.41) is 9.41. The predicted octanol–water partition coefficient (Wildman–Crippen LogP) is 4.27. The molecule has 154 valence electrons. The average molecular weight is 396 g/mol. The standard InChI is InChI=1S/C23H28N2O4/c1-5-8-12-29-20-10-9-17(14-21(20)28-7-3)13-18-16(4)19(15-24)23(27)25(11-6-2)22(18)26/h9-10,13-14H,5-8,11-12H2,1-4H3/b18-13+. The van der Waals surface area contributed by atoms with Crippen molar-refractivity contribution in [1.29, 1.82) is 5.26 Å². The van der Waals surface area contributed by atoms with Gasteiger partial charge in [-0.05, 0) is 56.0 Å². The molecule has 0 bridgehead atoms. The van der Waals surface area contributed by atoms with Crippen molar-refractivity contribution >= 4 is 17.9 Å². The number of nitrogens with zero attached hydrogens (tertiary/aromatic N) is 2. The van der Waals surface area contributed by atoms with Crippen molar-refractivity contribution in [2.75, 3.05) is 19.8 Å². The molecule has 0 atom stereocenters. The van der Waals surface area contributed by atoms with Gasteiger partial charge in [0, 0.05) is 12.1 Å². The van der Waals surface area contributed by atoms with Crippen LogP contribution >= 0.6 is 0 Å². The lowest BCUT2D eigenvalue weighted by molar-refractivity contribution is -0.140. The van der Waals surface area contributed by atoms with E-state index in [2.05, 4.69) is 6.92 Å². The van der Waals surface area contributed by atoms with Crippen LogP contribution in [0.5, 0.6) is 11.5 Å². The first-order valence-electron chi connectivity index (χ1n) is 10.1. The first-order chi connectivity index (χ1) is 14.0. The molecule has 0 spiro atoms. The number of rotatable bonds is 9. The van der Waals surface area contributed by atoms with Crippen LogP contribution in [0, 0.1) is 11.3 Å². The Morgan fingerprint density at radius 3 is 2.45 bits per heavy atom. The molecule has 0 aliphatic carbocycles.